The summed E-state index contributed by atoms with van der Waals surface area (Å²) in [5.41, 5.74) is 4.99. The van der Waals surface area contributed by atoms with Gasteiger partial charge < -0.3 is 16.2 Å². The number of primary amides is 1. The van der Waals surface area contributed by atoms with Crippen molar-refractivity contribution >= 4 is 27.6 Å². The number of carboxylic acids is 1. The third-order valence-electron chi connectivity index (χ3n) is 3.57. The van der Waals surface area contributed by atoms with Gasteiger partial charge in [-0.05, 0) is 30.2 Å². The van der Waals surface area contributed by atoms with Crippen LogP contribution in [0.3, 0.4) is 0 Å². The van der Waals surface area contributed by atoms with E-state index in [0.29, 0.717) is 6.42 Å². The maximum absolute atomic E-state index is 12.1. The number of aliphatic carboxylic acids is 1. The summed E-state index contributed by atoms with van der Waals surface area (Å²) in [5.74, 6) is -3.83. The van der Waals surface area contributed by atoms with Gasteiger partial charge in [-0.3, -0.25) is 9.59 Å². The minimum absolute atomic E-state index is 0.113. The first-order valence-electron chi connectivity index (χ1n) is 7.23. The molecule has 0 aliphatic heterocycles. The molecule has 1 aromatic carbocycles. The van der Waals surface area contributed by atoms with Gasteiger partial charge in [0, 0.05) is 5.56 Å². The molecule has 0 spiro atoms. The summed E-state index contributed by atoms with van der Waals surface area (Å²) < 4.78 is 23.7. The zero-order chi connectivity index (χ0) is 18.5. The molecule has 9 heteroatoms. The number of rotatable bonds is 8. The average Bonchev–Trinajstić information content (AvgIpc) is 2.50. The number of benzene rings is 1. The first kappa shape index (κ1) is 19.6. The molecule has 24 heavy (non-hydrogen) atoms. The van der Waals surface area contributed by atoms with Crippen LogP contribution in [0, 0.1) is 5.92 Å². The number of carboxylic acid groups (broad SMARTS) is 1. The van der Waals surface area contributed by atoms with Crippen LogP contribution in [0.4, 0.5) is 0 Å². The van der Waals surface area contributed by atoms with Crippen molar-refractivity contribution in [2.24, 2.45) is 11.7 Å². The standard InChI is InChI=1S/C15H20N2O6S/c1-3-9(2)13(15(20)21)17-14(19)10-4-6-11(7-5-10)24(22,23)8-12(16)18/h4-7,9,13H,3,8H2,1-2H3,(H2,16,18)(H,17,19)(H,20,21)/t9-,13-/m0/s1. The van der Waals surface area contributed by atoms with Gasteiger partial charge in [-0.25, -0.2) is 13.2 Å². The number of carbonyl (C=O) groups excluding carboxylic acids is 2. The average molecular weight is 356 g/mol. The Balaban J connectivity index is 2.94. The molecule has 0 aliphatic carbocycles. The van der Waals surface area contributed by atoms with Crippen LogP contribution in [0.1, 0.15) is 30.6 Å². The number of sulfone groups is 1. The van der Waals surface area contributed by atoms with Crippen molar-refractivity contribution in [2.75, 3.05) is 5.75 Å². The molecule has 0 fully saturated rings. The van der Waals surface area contributed by atoms with Crippen molar-refractivity contribution in [3.8, 4) is 0 Å². The van der Waals surface area contributed by atoms with Gasteiger partial charge >= 0.3 is 5.97 Å². The Bertz CT molecular complexity index is 727. The molecule has 2 atom stereocenters. The first-order chi connectivity index (χ1) is 11.1. The molecular formula is C15H20N2O6S. The van der Waals surface area contributed by atoms with Gasteiger partial charge in [-0.2, -0.15) is 0 Å². The Morgan fingerprint density at radius 2 is 1.75 bits per heavy atom. The fraction of sp³-hybridized carbons (Fsp3) is 0.400. The van der Waals surface area contributed by atoms with E-state index in [-0.39, 0.29) is 16.4 Å². The fourth-order valence-electron chi connectivity index (χ4n) is 1.99. The van der Waals surface area contributed by atoms with Crippen LogP contribution in [0.2, 0.25) is 0 Å². The van der Waals surface area contributed by atoms with E-state index in [2.05, 4.69) is 5.32 Å². The minimum Gasteiger partial charge on any atom is -0.480 e. The lowest BCUT2D eigenvalue weighted by Crippen LogP contribution is -2.45. The molecule has 8 nitrogen and oxygen atoms in total. The van der Waals surface area contributed by atoms with E-state index < -0.39 is 39.4 Å². The highest BCUT2D eigenvalue weighted by molar-refractivity contribution is 7.92. The van der Waals surface area contributed by atoms with E-state index in [0.717, 1.165) is 0 Å². The van der Waals surface area contributed by atoms with Gasteiger partial charge in [0.25, 0.3) is 5.91 Å². The quantitative estimate of drug-likeness (QED) is 0.606. The summed E-state index contributed by atoms with van der Waals surface area (Å²) >= 11 is 0. The summed E-state index contributed by atoms with van der Waals surface area (Å²) in [4.78, 5) is 34.0. The minimum atomic E-state index is -3.86. The molecule has 0 aromatic heterocycles. The van der Waals surface area contributed by atoms with Crippen molar-refractivity contribution in [1.82, 2.24) is 5.32 Å². The molecule has 2 amide bonds. The van der Waals surface area contributed by atoms with Crippen LogP contribution >= 0.6 is 0 Å². The summed E-state index contributed by atoms with van der Waals surface area (Å²) in [7, 11) is -3.86. The topological polar surface area (TPSA) is 144 Å². The number of nitrogens with one attached hydrogen (secondary N) is 1. The summed E-state index contributed by atoms with van der Waals surface area (Å²) in [6.07, 6.45) is 0.571. The van der Waals surface area contributed by atoms with Crippen LogP contribution in [0.25, 0.3) is 0 Å². The van der Waals surface area contributed by atoms with E-state index in [4.69, 9.17) is 10.8 Å². The Kier molecular flexibility index (Phi) is 6.47. The molecule has 0 aliphatic rings. The maximum atomic E-state index is 12.1. The molecular weight excluding hydrogens is 336 g/mol. The van der Waals surface area contributed by atoms with Crippen LogP contribution < -0.4 is 11.1 Å². The molecule has 0 radical (unpaired) electrons. The Labute approximate surface area is 140 Å². The lowest BCUT2D eigenvalue weighted by molar-refractivity contribution is -0.140. The van der Waals surface area contributed by atoms with Gasteiger partial charge in [0.05, 0.1) is 4.90 Å². The van der Waals surface area contributed by atoms with E-state index >= 15 is 0 Å². The smallest absolute Gasteiger partial charge is 0.326 e. The highest BCUT2D eigenvalue weighted by atomic mass is 32.2. The Hall–Kier alpha value is -2.42. The molecule has 1 rings (SSSR count). The van der Waals surface area contributed by atoms with Gasteiger partial charge in [0.2, 0.25) is 5.91 Å². The van der Waals surface area contributed by atoms with E-state index in [9.17, 15) is 22.8 Å². The van der Waals surface area contributed by atoms with E-state index in [1.54, 1.807) is 6.92 Å². The Morgan fingerprint density at radius 3 is 2.17 bits per heavy atom. The van der Waals surface area contributed by atoms with Crippen LogP contribution in [-0.4, -0.2) is 43.1 Å². The molecule has 1 aromatic rings. The molecule has 132 valence electrons. The highest BCUT2D eigenvalue weighted by Crippen LogP contribution is 2.14. The number of carbonyl (C=O) groups is 3. The second kappa shape index (κ2) is 7.91. The van der Waals surface area contributed by atoms with E-state index in [1.165, 1.54) is 24.3 Å². The highest BCUT2D eigenvalue weighted by Gasteiger charge is 2.26. The van der Waals surface area contributed by atoms with Crippen molar-refractivity contribution in [1.29, 1.82) is 0 Å². The number of nitrogens with two attached hydrogens (primary N) is 1. The second-order valence-electron chi connectivity index (χ2n) is 5.42. The van der Waals surface area contributed by atoms with Gasteiger partial charge in [0.1, 0.15) is 11.8 Å². The maximum Gasteiger partial charge on any atom is 0.326 e. The van der Waals surface area contributed by atoms with Gasteiger partial charge in [0.15, 0.2) is 9.84 Å². The van der Waals surface area contributed by atoms with Crippen molar-refractivity contribution in [2.45, 2.75) is 31.2 Å². The molecule has 4 N–H and O–H groups in total. The van der Waals surface area contributed by atoms with Gasteiger partial charge in [-0.1, -0.05) is 20.3 Å². The van der Waals surface area contributed by atoms with Crippen molar-refractivity contribution in [3.63, 3.8) is 0 Å². The lowest BCUT2D eigenvalue weighted by Gasteiger charge is -2.20. The molecule has 0 bridgehead atoms. The van der Waals surface area contributed by atoms with Crippen molar-refractivity contribution < 1.29 is 27.9 Å². The SMILES string of the molecule is CC[C@H](C)[C@H](NC(=O)c1ccc(S(=O)(=O)CC(N)=O)cc1)C(=O)O. The largest absolute Gasteiger partial charge is 0.480 e. The monoisotopic (exact) mass is 356 g/mol. The predicted octanol–water partition coefficient (Wildman–Crippen LogP) is 0.175. The number of amides is 2. The van der Waals surface area contributed by atoms with Crippen LogP contribution in [0.5, 0.6) is 0 Å². The van der Waals surface area contributed by atoms with Crippen LogP contribution in [-0.2, 0) is 19.4 Å². The zero-order valence-electron chi connectivity index (χ0n) is 13.4. The molecule has 0 heterocycles. The van der Waals surface area contributed by atoms with Crippen molar-refractivity contribution in [3.05, 3.63) is 29.8 Å². The molecule has 0 saturated heterocycles. The van der Waals surface area contributed by atoms with E-state index in [1.807, 2.05) is 6.92 Å². The fourth-order valence-corrected chi connectivity index (χ4v) is 3.08. The first-order valence-corrected chi connectivity index (χ1v) is 8.88. The lowest BCUT2D eigenvalue weighted by atomic mass is 9.99. The van der Waals surface area contributed by atoms with Gasteiger partial charge in [-0.15, -0.1) is 0 Å². The summed E-state index contributed by atoms with van der Waals surface area (Å²) in [6.45, 7) is 3.52. The van der Waals surface area contributed by atoms with Crippen LogP contribution in [0.15, 0.2) is 29.2 Å². The predicted molar refractivity (Wildman–Crippen MR) is 86.0 cm³/mol. The number of hydrogen-bond acceptors (Lipinski definition) is 5. The second-order valence-corrected chi connectivity index (χ2v) is 7.41. The third kappa shape index (κ3) is 5.05. The molecule has 0 saturated carbocycles. The number of hydrogen-bond donors (Lipinski definition) is 3. The zero-order valence-corrected chi connectivity index (χ0v) is 14.2. The summed E-state index contributed by atoms with van der Waals surface area (Å²) in [6, 6.07) is 3.80. The normalized spacial score (nSPS) is 13.8. The Morgan fingerprint density at radius 1 is 1.21 bits per heavy atom. The summed E-state index contributed by atoms with van der Waals surface area (Å²) in [5, 5.41) is 11.6. The molecule has 0 unspecified atom stereocenters. The third-order valence-corrected chi connectivity index (χ3v) is 5.23.